The average molecular weight is 251 g/mol. The monoisotopic (exact) mass is 250 g/mol. The number of carbonyl (C=O) groups excluding carboxylic acids is 1. The number of carbonyl (C=O) groups is 1. The van der Waals surface area contributed by atoms with Crippen molar-refractivity contribution in [1.82, 2.24) is 9.55 Å². The Hall–Kier alpha value is -2.01. The summed E-state index contributed by atoms with van der Waals surface area (Å²) in [6, 6.07) is 7.32. The van der Waals surface area contributed by atoms with Gasteiger partial charge in [-0.05, 0) is 17.7 Å². The Balaban J connectivity index is 2.33. The minimum atomic E-state index is -0.595. The van der Waals surface area contributed by atoms with Crippen LogP contribution in [0.25, 0.3) is 0 Å². The predicted octanol–water partition coefficient (Wildman–Crippen LogP) is 1.27. The van der Waals surface area contributed by atoms with E-state index < -0.39 is 5.91 Å². The van der Waals surface area contributed by atoms with E-state index in [2.05, 4.69) is 4.98 Å². The van der Waals surface area contributed by atoms with Gasteiger partial charge >= 0.3 is 0 Å². The van der Waals surface area contributed by atoms with Crippen molar-refractivity contribution in [2.24, 2.45) is 5.73 Å². The maximum absolute atomic E-state index is 11.2. The SMILES string of the molecule is NC(=O)c1c(N)ncn1Cc1cccc(Cl)c1. The quantitative estimate of drug-likeness (QED) is 0.860. The Morgan fingerprint density at radius 2 is 2.24 bits per heavy atom. The second-order valence-electron chi connectivity index (χ2n) is 3.60. The molecular weight excluding hydrogens is 240 g/mol. The zero-order chi connectivity index (χ0) is 12.4. The second kappa shape index (κ2) is 4.47. The van der Waals surface area contributed by atoms with Crippen LogP contribution in [0.1, 0.15) is 16.1 Å². The molecule has 0 bridgehead atoms. The molecule has 0 saturated carbocycles. The highest BCUT2D eigenvalue weighted by Crippen LogP contribution is 2.15. The fourth-order valence-electron chi connectivity index (χ4n) is 1.62. The van der Waals surface area contributed by atoms with E-state index in [1.54, 1.807) is 10.6 Å². The van der Waals surface area contributed by atoms with Gasteiger partial charge in [-0.25, -0.2) is 4.98 Å². The van der Waals surface area contributed by atoms with Crippen molar-refractivity contribution < 1.29 is 4.79 Å². The summed E-state index contributed by atoms with van der Waals surface area (Å²) in [5.41, 5.74) is 12.0. The van der Waals surface area contributed by atoms with Crippen LogP contribution >= 0.6 is 11.6 Å². The van der Waals surface area contributed by atoms with Crippen molar-refractivity contribution in [2.45, 2.75) is 6.54 Å². The third-order valence-corrected chi connectivity index (χ3v) is 2.58. The van der Waals surface area contributed by atoms with Crippen LogP contribution in [-0.2, 0) is 6.54 Å². The van der Waals surface area contributed by atoms with Crippen molar-refractivity contribution in [1.29, 1.82) is 0 Å². The Bertz CT molecular complexity index is 564. The lowest BCUT2D eigenvalue weighted by molar-refractivity contribution is 0.0993. The van der Waals surface area contributed by atoms with E-state index in [4.69, 9.17) is 23.1 Å². The highest BCUT2D eigenvalue weighted by Gasteiger charge is 2.13. The molecule has 17 heavy (non-hydrogen) atoms. The lowest BCUT2D eigenvalue weighted by atomic mass is 10.2. The normalized spacial score (nSPS) is 10.4. The molecule has 0 fully saturated rings. The van der Waals surface area contributed by atoms with Crippen LogP contribution < -0.4 is 11.5 Å². The molecule has 1 amide bonds. The number of nitrogen functional groups attached to an aromatic ring is 1. The van der Waals surface area contributed by atoms with Crippen molar-refractivity contribution in [3.05, 3.63) is 46.9 Å². The van der Waals surface area contributed by atoms with Gasteiger partial charge in [0.05, 0.1) is 6.33 Å². The Morgan fingerprint density at radius 1 is 1.47 bits per heavy atom. The van der Waals surface area contributed by atoms with Gasteiger partial charge in [-0.1, -0.05) is 23.7 Å². The summed E-state index contributed by atoms with van der Waals surface area (Å²) in [4.78, 5) is 15.1. The molecule has 1 aromatic carbocycles. The summed E-state index contributed by atoms with van der Waals surface area (Å²) in [6.45, 7) is 0.447. The van der Waals surface area contributed by atoms with Gasteiger partial charge in [-0.2, -0.15) is 0 Å². The molecule has 88 valence electrons. The summed E-state index contributed by atoms with van der Waals surface area (Å²) in [6.07, 6.45) is 1.48. The predicted molar refractivity (Wildman–Crippen MR) is 65.7 cm³/mol. The average Bonchev–Trinajstić information content (AvgIpc) is 2.59. The van der Waals surface area contributed by atoms with Gasteiger partial charge in [0, 0.05) is 11.6 Å². The molecule has 0 atom stereocenters. The summed E-state index contributed by atoms with van der Waals surface area (Å²) in [7, 11) is 0. The van der Waals surface area contributed by atoms with Gasteiger partial charge in [0.1, 0.15) is 0 Å². The van der Waals surface area contributed by atoms with E-state index >= 15 is 0 Å². The number of nitrogens with two attached hydrogens (primary N) is 2. The molecule has 1 aromatic heterocycles. The van der Waals surface area contributed by atoms with Crippen molar-refractivity contribution in [3.63, 3.8) is 0 Å². The molecule has 0 aliphatic heterocycles. The maximum atomic E-state index is 11.2. The number of anilines is 1. The maximum Gasteiger partial charge on any atom is 0.269 e. The van der Waals surface area contributed by atoms with Crippen LogP contribution in [0.15, 0.2) is 30.6 Å². The number of amides is 1. The number of rotatable bonds is 3. The third kappa shape index (κ3) is 2.39. The number of hydrogen-bond acceptors (Lipinski definition) is 3. The zero-order valence-electron chi connectivity index (χ0n) is 8.93. The van der Waals surface area contributed by atoms with Crippen LogP contribution in [0.3, 0.4) is 0 Å². The standard InChI is InChI=1S/C11H11ClN4O/c12-8-3-1-2-7(4-8)5-16-6-15-10(13)9(16)11(14)17/h1-4,6H,5,13H2,(H2,14,17). The number of imidazole rings is 1. The minimum Gasteiger partial charge on any atom is -0.382 e. The number of aromatic nitrogens is 2. The van der Waals surface area contributed by atoms with Gasteiger partial charge in [-0.3, -0.25) is 4.79 Å². The second-order valence-corrected chi connectivity index (χ2v) is 4.04. The fourth-order valence-corrected chi connectivity index (χ4v) is 1.83. The summed E-state index contributed by atoms with van der Waals surface area (Å²) >= 11 is 5.88. The molecule has 1 heterocycles. The number of hydrogen-bond donors (Lipinski definition) is 2. The first-order valence-corrected chi connectivity index (χ1v) is 5.30. The summed E-state index contributed by atoms with van der Waals surface area (Å²) in [5.74, 6) is -0.457. The van der Waals surface area contributed by atoms with Gasteiger partial charge in [0.25, 0.3) is 5.91 Å². The van der Waals surface area contributed by atoms with Gasteiger partial charge < -0.3 is 16.0 Å². The Morgan fingerprint density at radius 3 is 2.88 bits per heavy atom. The molecule has 0 spiro atoms. The molecule has 6 heteroatoms. The molecule has 0 aliphatic rings. The van der Waals surface area contributed by atoms with Gasteiger partial charge in [-0.15, -0.1) is 0 Å². The molecule has 4 N–H and O–H groups in total. The molecule has 5 nitrogen and oxygen atoms in total. The van der Waals surface area contributed by atoms with E-state index in [1.807, 2.05) is 18.2 Å². The van der Waals surface area contributed by atoms with Gasteiger partial charge in [0.15, 0.2) is 11.5 Å². The topological polar surface area (TPSA) is 86.9 Å². The van der Waals surface area contributed by atoms with E-state index in [0.29, 0.717) is 11.6 Å². The van der Waals surface area contributed by atoms with E-state index in [-0.39, 0.29) is 11.5 Å². The third-order valence-electron chi connectivity index (χ3n) is 2.34. The number of benzene rings is 1. The summed E-state index contributed by atoms with van der Waals surface area (Å²) < 4.78 is 1.60. The molecule has 2 rings (SSSR count). The van der Waals surface area contributed by atoms with E-state index in [0.717, 1.165) is 5.56 Å². The lowest BCUT2D eigenvalue weighted by Crippen LogP contribution is -2.18. The number of halogens is 1. The minimum absolute atomic E-state index is 0.138. The van der Waals surface area contributed by atoms with Gasteiger partial charge in [0.2, 0.25) is 0 Å². The summed E-state index contributed by atoms with van der Waals surface area (Å²) in [5, 5.41) is 0.635. The smallest absolute Gasteiger partial charge is 0.269 e. The lowest BCUT2D eigenvalue weighted by Gasteiger charge is -2.06. The van der Waals surface area contributed by atoms with Crippen LogP contribution in [0.5, 0.6) is 0 Å². The number of primary amides is 1. The zero-order valence-corrected chi connectivity index (χ0v) is 9.69. The number of nitrogens with zero attached hydrogens (tertiary/aromatic N) is 2. The fraction of sp³-hybridized carbons (Fsp3) is 0.0909. The molecule has 0 saturated heterocycles. The molecule has 2 aromatic rings. The van der Waals surface area contributed by atoms with E-state index in [1.165, 1.54) is 6.33 Å². The van der Waals surface area contributed by atoms with Crippen molar-refractivity contribution in [3.8, 4) is 0 Å². The van der Waals surface area contributed by atoms with E-state index in [9.17, 15) is 4.79 Å². The first-order chi connectivity index (χ1) is 8.08. The Kier molecular flexibility index (Phi) is 3.01. The highest BCUT2D eigenvalue weighted by molar-refractivity contribution is 6.30. The van der Waals surface area contributed by atoms with Crippen LogP contribution in [0, 0.1) is 0 Å². The largest absolute Gasteiger partial charge is 0.382 e. The first kappa shape index (κ1) is 11.5. The molecule has 0 aliphatic carbocycles. The van der Waals surface area contributed by atoms with Crippen LogP contribution in [-0.4, -0.2) is 15.5 Å². The molecule has 0 unspecified atom stereocenters. The first-order valence-electron chi connectivity index (χ1n) is 4.93. The van der Waals surface area contributed by atoms with Crippen molar-refractivity contribution in [2.75, 3.05) is 5.73 Å². The molecule has 0 radical (unpaired) electrons. The van der Waals surface area contributed by atoms with Crippen LogP contribution in [0.4, 0.5) is 5.82 Å². The van der Waals surface area contributed by atoms with Crippen LogP contribution in [0.2, 0.25) is 5.02 Å². The molecular formula is C11H11ClN4O. The van der Waals surface area contributed by atoms with Crippen molar-refractivity contribution >= 4 is 23.3 Å². The Labute approximate surface area is 103 Å². The highest BCUT2D eigenvalue weighted by atomic mass is 35.5.